The fraction of sp³-hybridized carbons (Fsp3) is 0.594. The number of carboxylic acid groups (broad SMARTS) is 1. The number of benzene rings is 2. The van der Waals surface area contributed by atoms with Gasteiger partial charge in [-0.3, -0.25) is 14.9 Å². The molecule has 2 aliphatic heterocycles. The molecule has 0 aromatic heterocycles. The third-order valence-electron chi connectivity index (χ3n) is 8.53. The van der Waals surface area contributed by atoms with Gasteiger partial charge in [0.05, 0.1) is 30.2 Å². The highest BCUT2D eigenvalue weighted by Gasteiger charge is 2.62. The average molecular weight is 668 g/mol. The van der Waals surface area contributed by atoms with E-state index in [-0.39, 0.29) is 11.5 Å². The largest absolute Gasteiger partial charge is 0.496 e. The van der Waals surface area contributed by atoms with Crippen LogP contribution in [0.1, 0.15) is 69.2 Å². The Balaban J connectivity index is 0.000000246. The molecule has 45 heavy (non-hydrogen) atoms. The van der Waals surface area contributed by atoms with E-state index < -0.39 is 53.1 Å². The lowest BCUT2D eigenvalue weighted by molar-refractivity contribution is -0.497. The number of fused-ring (bicyclic) bond motifs is 2. The molecule has 0 saturated carbocycles. The molecule has 2 aromatic carbocycles. The second kappa shape index (κ2) is 12.0. The Morgan fingerprint density at radius 2 is 1.18 bits per heavy atom. The Kier molecular flexibility index (Phi) is 9.69. The summed E-state index contributed by atoms with van der Waals surface area (Å²) < 4.78 is 50.9. The zero-order chi connectivity index (χ0) is 34.6. The van der Waals surface area contributed by atoms with Gasteiger partial charge in [-0.1, -0.05) is 53.7 Å². The Bertz CT molecular complexity index is 1570. The van der Waals surface area contributed by atoms with Crippen molar-refractivity contribution >= 4 is 30.9 Å². The maximum Gasteiger partial charge on any atom is 0.313 e. The molecule has 0 unspecified atom stereocenters. The predicted octanol–water partition coefficient (Wildman–Crippen LogP) is 6.81. The summed E-state index contributed by atoms with van der Waals surface area (Å²) in [5.41, 5.74) is -2.16. The van der Waals surface area contributed by atoms with Gasteiger partial charge >= 0.3 is 5.97 Å². The lowest BCUT2D eigenvalue weighted by Crippen LogP contribution is -2.43. The van der Waals surface area contributed by atoms with E-state index in [0.29, 0.717) is 33.6 Å². The normalized spacial score (nSPS) is 24.3. The monoisotopic (exact) mass is 667 g/mol. The van der Waals surface area contributed by atoms with Crippen molar-refractivity contribution in [2.75, 3.05) is 20.8 Å². The highest BCUT2D eigenvalue weighted by Crippen LogP contribution is 2.71. The minimum atomic E-state index is -3.21. The average Bonchev–Trinajstić information content (AvgIpc) is 3.42. The molecule has 0 bridgehead atoms. The number of hydrogen-bond donors (Lipinski definition) is 1. The Hall–Kier alpha value is -3.03. The van der Waals surface area contributed by atoms with E-state index in [4.69, 9.17) is 18.9 Å². The Morgan fingerprint density at radius 1 is 0.800 bits per heavy atom. The number of carboxylic acids is 1. The number of ether oxygens (including phenoxy) is 4. The number of carbonyl (C=O) groups is 1. The van der Waals surface area contributed by atoms with Gasteiger partial charge in [0.25, 0.3) is 0 Å². The predicted molar refractivity (Wildman–Crippen MR) is 176 cm³/mol. The number of hydrogen-bond acceptors (Lipinski definition) is 9. The SMILES string of the molecule is COc1cccc2c1[P@](=O)(C(C)(C)C)[C@@H](C(C)(C)C(=O)O)O2.COc1cccc2c1[P@](=O)(C(C)(C)C)[C@@H](C(C)(C)C[N+](=O)[O-])O2. The first-order valence-electron chi connectivity index (χ1n) is 14.7. The number of methoxy groups -OCH3 is 2. The van der Waals surface area contributed by atoms with Crippen LogP contribution in [0.15, 0.2) is 36.4 Å². The van der Waals surface area contributed by atoms with Crippen molar-refractivity contribution < 1.29 is 42.9 Å². The third-order valence-corrected chi connectivity index (χ3v) is 17.6. The molecular weight excluding hydrogens is 620 g/mol. The third kappa shape index (κ3) is 5.98. The van der Waals surface area contributed by atoms with Crippen LogP contribution < -0.4 is 29.6 Å². The topological polar surface area (TPSA) is 152 Å². The number of nitrogens with zero attached hydrogens (tertiary/aromatic N) is 1. The molecule has 4 rings (SSSR count). The van der Waals surface area contributed by atoms with Crippen LogP contribution in [-0.2, 0) is 13.9 Å². The van der Waals surface area contributed by atoms with Crippen LogP contribution in [0.2, 0.25) is 0 Å². The van der Waals surface area contributed by atoms with E-state index in [2.05, 4.69) is 0 Å². The molecule has 0 fully saturated rings. The van der Waals surface area contributed by atoms with Crippen LogP contribution in [0.3, 0.4) is 0 Å². The molecule has 0 amide bonds. The molecule has 0 radical (unpaired) electrons. The van der Waals surface area contributed by atoms with Crippen molar-refractivity contribution in [1.29, 1.82) is 0 Å². The number of aliphatic carboxylic acids is 1. The van der Waals surface area contributed by atoms with Crippen molar-refractivity contribution in [3.63, 3.8) is 0 Å². The fourth-order valence-electron chi connectivity index (χ4n) is 5.95. The summed E-state index contributed by atoms with van der Waals surface area (Å²) in [5, 5.41) is 20.5. The van der Waals surface area contributed by atoms with Gasteiger partial charge in [0.1, 0.15) is 28.4 Å². The first-order valence-corrected chi connectivity index (χ1v) is 18.2. The lowest BCUT2D eigenvalue weighted by Gasteiger charge is -2.38. The second-order valence-electron chi connectivity index (χ2n) is 14.7. The molecule has 11 nitrogen and oxygen atoms in total. The van der Waals surface area contributed by atoms with Gasteiger partial charge in [-0.25, -0.2) is 0 Å². The zero-order valence-corrected chi connectivity index (χ0v) is 30.1. The molecule has 2 heterocycles. The number of nitro groups is 1. The smallest absolute Gasteiger partial charge is 0.313 e. The van der Waals surface area contributed by atoms with E-state index in [9.17, 15) is 29.1 Å². The molecule has 0 aliphatic carbocycles. The summed E-state index contributed by atoms with van der Waals surface area (Å²) in [6.45, 7) is 17.5. The van der Waals surface area contributed by atoms with Crippen molar-refractivity contribution in [2.45, 2.75) is 91.2 Å². The van der Waals surface area contributed by atoms with Gasteiger partial charge < -0.3 is 33.2 Å². The molecule has 13 heteroatoms. The minimum absolute atomic E-state index is 0.311. The van der Waals surface area contributed by atoms with Crippen LogP contribution in [0.5, 0.6) is 23.0 Å². The van der Waals surface area contributed by atoms with Crippen molar-refractivity contribution in [3.05, 3.63) is 46.5 Å². The maximum absolute atomic E-state index is 14.2. The lowest BCUT2D eigenvalue weighted by atomic mass is 9.94. The Labute approximate surface area is 265 Å². The molecule has 2 aromatic rings. The second-order valence-corrected chi connectivity index (χ2v) is 21.9. The maximum atomic E-state index is 14.2. The van der Waals surface area contributed by atoms with Crippen molar-refractivity contribution in [1.82, 2.24) is 0 Å². The molecule has 0 spiro atoms. The van der Waals surface area contributed by atoms with Gasteiger partial charge in [0.15, 0.2) is 26.0 Å². The van der Waals surface area contributed by atoms with E-state index in [0.717, 1.165) is 0 Å². The van der Waals surface area contributed by atoms with Crippen LogP contribution >= 0.6 is 14.3 Å². The molecule has 250 valence electrons. The van der Waals surface area contributed by atoms with E-state index in [1.54, 1.807) is 64.1 Å². The summed E-state index contributed by atoms with van der Waals surface area (Å²) in [4.78, 5) is 22.4. The first kappa shape index (κ1) is 36.4. The summed E-state index contributed by atoms with van der Waals surface area (Å²) in [6.07, 6.45) is 0. The summed E-state index contributed by atoms with van der Waals surface area (Å²) in [5.74, 6) is -0.759. The summed E-state index contributed by atoms with van der Waals surface area (Å²) in [6, 6.07) is 10.5. The van der Waals surface area contributed by atoms with Gasteiger partial charge in [-0.05, 0) is 52.0 Å². The molecule has 1 N–H and O–H groups in total. The molecule has 4 atom stereocenters. The van der Waals surface area contributed by atoms with Crippen LogP contribution in [-0.4, -0.2) is 58.8 Å². The first-order chi connectivity index (χ1) is 20.4. The fourth-order valence-corrected chi connectivity index (χ4v) is 13.7. The van der Waals surface area contributed by atoms with Crippen LogP contribution in [0.4, 0.5) is 0 Å². The van der Waals surface area contributed by atoms with Gasteiger partial charge in [-0.2, -0.15) is 0 Å². The minimum Gasteiger partial charge on any atom is -0.496 e. The summed E-state index contributed by atoms with van der Waals surface area (Å²) in [7, 11) is -3.31. The van der Waals surface area contributed by atoms with Gasteiger partial charge in [-0.15, -0.1) is 0 Å². The Morgan fingerprint density at radius 3 is 1.51 bits per heavy atom. The van der Waals surface area contributed by atoms with Crippen LogP contribution in [0.25, 0.3) is 0 Å². The summed E-state index contributed by atoms with van der Waals surface area (Å²) >= 11 is 0. The van der Waals surface area contributed by atoms with Crippen LogP contribution in [0, 0.1) is 20.9 Å². The molecular formula is C32H47NO10P2. The van der Waals surface area contributed by atoms with E-state index in [1.165, 1.54) is 14.2 Å². The highest BCUT2D eigenvalue weighted by atomic mass is 31.2. The highest BCUT2D eigenvalue weighted by molar-refractivity contribution is 7.74. The zero-order valence-electron chi connectivity index (χ0n) is 28.3. The number of rotatable bonds is 7. The van der Waals surface area contributed by atoms with E-state index in [1.807, 2.05) is 41.5 Å². The van der Waals surface area contributed by atoms with Crippen molar-refractivity contribution in [2.24, 2.45) is 10.8 Å². The van der Waals surface area contributed by atoms with E-state index >= 15 is 0 Å². The van der Waals surface area contributed by atoms with Gasteiger partial charge in [0, 0.05) is 15.2 Å². The van der Waals surface area contributed by atoms with Gasteiger partial charge in [0.2, 0.25) is 6.54 Å². The molecule has 0 saturated heterocycles. The standard InChI is InChI=1S/C16H24NO5P.C16H23O5P/c1-15(2,3)23(20)13-11(21-6)8-7-9-12(13)22-14(23)16(4,5)10-17(18)19;1-15(2,3)22(19)12-10(20-6)8-7-9-11(12)21-14(22)16(4,5)13(17)18/h7-9,14H,10H2,1-6H3;7-9,14H,1-6H3,(H,17,18)/t14-,23+;14-,22+/m00/s1. The van der Waals surface area contributed by atoms with Crippen molar-refractivity contribution in [3.8, 4) is 23.0 Å². The quantitative estimate of drug-likeness (QED) is 0.189. The molecule has 2 aliphatic rings.